The van der Waals surface area contributed by atoms with Gasteiger partial charge in [-0.1, -0.05) is 19.1 Å². The van der Waals surface area contributed by atoms with Gasteiger partial charge in [-0.25, -0.2) is 0 Å². The fourth-order valence-corrected chi connectivity index (χ4v) is 2.42. The molecule has 1 aliphatic rings. The molecule has 1 aliphatic carbocycles. The van der Waals surface area contributed by atoms with E-state index in [1.165, 1.54) is 12.8 Å². The van der Waals surface area contributed by atoms with Crippen LogP contribution in [-0.2, 0) is 0 Å². The summed E-state index contributed by atoms with van der Waals surface area (Å²) in [5, 5.41) is 8.58. The lowest BCUT2D eigenvalue weighted by Gasteiger charge is -2.25. The maximum atomic E-state index is 5.88. The summed E-state index contributed by atoms with van der Waals surface area (Å²) in [4.78, 5) is 2.73. The maximum absolute atomic E-state index is 5.88. The fourth-order valence-electron chi connectivity index (χ4n) is 2.18. The van der Waals surface area contributed by atoms with Gasteiger partial charge in [-0.15, -0.1) is 5.10 Å². The van der Waals surface area contributed by atoms with Crippen molar-refractivity contribution in [3.05, 3.63) is 16.8 Å². The van der Waals surface area contributed by atoms with Crippen LogP contribution in [0.4, 0.5) is 5.82 Å². The van der Waals surface area contributed by atoms with Crippen molar-refractivity contribution in [2.45, 2.75) is 46.1 Å². The molecule has 4 nitrogen and oxygen atoms in total. The molecule has 1 heterocycles. The molecular weight excluding hydrogens is 244 g/mol. The highest BCUT2D eigenvalue weighted by atomic mass is 32.1. The molecule has 0 amide bonds. The molecule has 1 fully saturated rings. The highest BCUT2D eigenvalue weighted by Crippen LogP contribution is 2.33. The third-order valence-corrected chi connectivity index (χ3v) is 3.61. The van der Waals surface area contributed by atoms with Gasteiger partial charge in [0.05, 0.1) is 11.3 Å². The van der Waals surface area contributed by atoms with E-state index in [1.807, 2.05) is 13.8 Å². The number of aryl methyl sites for hydroxylation is 1. The lowest BCUT2D eigenvalue weighted by atomic mass is 10.1. The number of nitrogens with two attached hydrogens (primary N) is 1. The third-order valence-electron chi connectivity index (χ3n) is 3.41. The van der Waals surface area contributed by atoms with Gasteiger partial charge in [0.1, 0.15) is 4.99 Å². The first-order valence-electron chi connectivity index (χ1n) is 6.46. The maximum Gasteiger partial charge on any atom is 0.162 e. The van der Waals surface area contributed by atoms with Crippen LogP contribution >= 0.6 is 12.2 Å². The van der Waals surface area contributed by atoms with Crippen molar-refractivity contribution in [3.63, 3.8) is 0 Å². The first-order valence-corrected chi connectivity index (χ1v) is 6.87. The molecule has 5 heteroatoms. The van der Waals surface area contributed by atoms with E-state index in [2.05, 4.69) is 22.0 Å². The van der Waals surface area contributed by atoms with Gasteiger partial charge in [-0.2, -0.15) is 5.10 Å². The van der Waals surface area contributed by atoms with E-state index < -0.39 is 0 Å². The second-order valence-corrected chi connectivity index (χ2v) is 5.34. The summed E-state index contributed by atoms with van der Waals surface area (Å²) in [6, 6.07) is 0.592. The second-order valence-electron chi connectivity index (χ2n) is 4.90. The van der Waals surface area contributed by atoms with Crippen LogP contribution < -0.4 is 10.6 Å². The molecule has 0 aromatic carbocycles. The molecule has 1 saturated carbocycles. The second kappa shape index (κ2) is 5.18. The Labute approximate surface area is 114 Å². The Balaban J connectivity index is 2.47. The Kier molecular flexibility index (Phi) is 3.80. The molecule has 0 radical (unpaired) electrons. The smallest absolute Gasteiger partial charge is 0.162 e. The summed E-state index contributed by atoms with van der Waals surface area (Å²) in [6.07, 6.45) is 3.54. The molecular formula is C13H20N4S. The summed E-state index contributed by atoms with van der Waals surface area (Å²) < 4.78 is 0. The average Bonchev–Trinajstić information content (AvgIpc) is 3.13. The van der Waals surface area contributed by atoms with E-state index in [9.17, 15) is 0 Å². The van der Waals surface area contributed by atoms with Crippen molar-refractivity contribution in [1.29, 1.82) is 0 Å². The van der Waals surface area contributed by atoms with Crippen LogP contribution in [0.2, 0.25) is 0 Å². The van der Waals surface area contributed by atoms with Crippen LogP contribution in [0.25, 0.3) is 0 Å². The van der Waals surface area contributed by atoms with Crippen LogP contribution in [0.3, 0.4) is 0 Å². The van der Waals surface area contributed by atoms with E-state index in [0.717, 1.165) is 35.6 Å². The van der Waals surface area contributed by atoms with Crippen molar-refractivity contribution in [2.24, 2.45) is 5.73 Å². The van der Waals surface area contributed by atoms with Gasteiger partial charge in [0.15, 0.2) is 5.82 Å². The van der Waals surface area contributed by atoms with Crippen LogP contribution in [0, 0.1) is 13.8 Å². The van der Waals surface area contributed by atoms with Crippen LogP contribution in [0.5, 0.6) is 0 Å². The van der Waals surface area contributed by atoms with Crippen LogP contribution in [0.1, 0.15) is 43.0 Å². The van der Waals surface area contributed by atoms with Crippen LogP contribution in [-0.4, -0.2) is 27.8 Å². The number of hydrogen-bond donors (Lipinski definition) is 1. The molecule has 1 aromatic rings. The Morgan fingerprint density at radius 1 is 1.39 bits per heavy atom. The van der Waals surface area contributed by atoms with Crippen molar-refractivity contribution < 1.29 is 0 Å². The standard InChI is InChI=1S/C13H20N4S/c1-4-7-17(10-5-6-10)13-11(12(14)18)8(2)9(3)15-16-13/h10H,4-7H2,1-3H3,(H2,14,18). The lowest BCUT2D eigenvalue weighted by Crippen LogP contribution is -2.31. The Morgan fingerprint density at radius 3 is 2.56 bits per heavy atom. The van der Waals surface area contributed by atoms with Crippen molar-refractivity contribution in [3.8, 4) is 0 Å². The lowest BCUT2D eigenvalue weighted by molar-refractivity contribution is 0.735. The van der Waals surface area contributed by atoms with Crippen LogP contribution in [0.15, 0.2) is 0 Å². The Hall–Kier alpha value is -1.23. The zero-order chi connectivity index (χ0) is 13.3. The van der Waals surface area contributed by atoms with Gasteiger partial charge >= 0.3 is 0 Å². The number of anilines is 1. The predicted molar refractivity (Wildman–Crippen MR) is 78.1 cm³/mol. The average molecular weight is 264 g/mol. The summed E-state index contributed by atoms with van der Waals surface area (Å²) in [6.45, 7) is 7.11. The highest BCUT2D eigenvalue weighted by Gasteiger charge is 2.32. The molecule has 0 saturated heterocycles. The van der Waals surface area contributed by atoms with Gasteiger partial charge in [0.25, 0.3) is 0 Å². The van der Waals surface area contributed by atoms with Gasteiger partial charge < -0.3 is 10.6 Å². The minimum absolute atomic E-state index is 0.419. The van der Waals surface area contributed by atoms with Gasteiger partial charge in [-0.3, -0.25) is 0 Å². The molecule has 2 N–H and O–H groups in total. The van der Waals surface area contributed by atoms with Crippen molar-refractivity contribution >= 4 is 23.0 Å². The van der Waals surface area contributed by atoms with E-state index >= 15 is 0 Å². The predicted octanol–water partition coefficient (Wildman–Crippen LogP) is 2.11. The fraction of sp³-hybridized carbons (Fsp3) is 0.615. The third kappa shape index (κ3) is 2.46. The molecule has 2 rings (SSSR count). The summed E-state index contributed by atoms with van der Waals surface area (Å²) in [5.41, 5.74) is 8.72. The van der Waals surface area contributed by atoms with Gasteiger partial charge in [0, 0.05) is 12.6 Å². The van der Waals surface area contributed by atoms with E-state index in [4.69, 9.17) is 18.0 Å². The van der Waals surface area contributed by atoms with E-state index in [0.29, 0.717) is 11.0 Å². The van der Waals surface area contributed by atoms with E-state index in [-0.39, 0.29) is 0 Å². The normalized spacial score (nSPS) is 14.6. The summed E-state index contributed by atoms with van der Waals surface area (Å²) in [7, 11) is 0. The molecule has 98 valence electrons. The number of hydrogen-bond acceptors (Lipinski definition) is 4. The number of rotatable bonds is 5. The summed E-state index contributed by atoms with van der Waals surface area (Å²) in [5.74, 6) is 0.870. The zero-order valence-corrected chi connectivity index (χ0v) is 12.0. The van der Waals surface area contributed by atoms with Crippen molar-refractivity contribution in [2.75, 3.05) is 11.4 Å². The number of nitrogens with zero attached hydrogens (tertiary/aromatic N) is 3. The molecule has 0 bridgehead atoms. The quantitative estimate of drug-likeness (QED) is 0.825. The van der Waals surface area contributed by atoms with E-state index in [1.54, 1.807) is 0 Å². The topological polar surface area (TPSA) is 55.0 Å². The highest BCUT2D eigenvalue weighted by molar-refractivity contribution is 7.80. The summed E-state index contributed by atoms with van der Waals surface area (Å²) >= 11 is 5.19. The molecule has 1 aromatic heterocycles. The monoisotopic (exact) mass is 264 g/mol. The minimum atomic E-state index is 0.419. The van der Waals surface area contributed by atoms with Gasteiger partial charge in [-0.05, 0) is 38.7 Å². The SMILES string of the molecule is CCCN(c1nnc(C)c(C)c1C(N)=S)C1CC1. The molecule has 0 aliphatic heterocycles. The number of thiocarbonyl (C=S) groups is 1. The Morgan fingerprint density at radius 2 is 2.06 bits per heavy atom. The molecule has 0 atom stereocenters. The first kappa shape index (κ1) is 13.2. The number of aromatic nitrogens is 2. The first-order chi connectivity index (χ1) is 8.56. The molecule has 0 spiro atoms. The minimum Gasteiger partial charge on any atom is -0.389 e. The zero-order valence-electron chi connectivity index (χ0n) is 11.2. The molecule has 0 unspecified atom stereocenters. The largest absolute Gasteiger partial charge is 0.389 e. The molecule has 18 heavy (non-hydrogen) atoms. The Bertz CT molecular complexity index is 468. The van der Waals surface area contributed by atoms with Gasteiger partial charge in [0.2, 0.25) is 0 Å². The van der Waals surface area contributed by atoms with Crippen molar-refractivity contribution in [1.82, 2.24) is 10.2 Å².